The second kappa shape index (κ2) is 2.67. The molecule has 0 bridgehead atoms. The molecule has 0 spiro atoms. The second-order valence-electron chi connectivity index (χ2n) is 3.46. The van der Waals surface area contributed by atoms with Crippen LogP contribution in [0.1, 0.15) is 18.9 Å². The van der Waals surface area contributed by atoms with Crippen molar-refractivity contribution in [2.75, 3.05) is 7.11 Å². The summed E-state index contributed by atoms with van der Waals surface area (Å²) >= 11 is 0. The molecule has 0 aliphatic heterocycles. The molecule has 2 aromatic heterocycles. The molecule has 5 nitrogen and oxygen atoms in total. The highest BCUT2D eigenvalue weighted by Crippen LogP contribution is 2.35. The Morgan fingerprint density at radius 3 is 3.00 bits per heavy atom. The van der Waals surface area contributed by atoms with Gasteiger partial charge in [-0.2, -0.15) is 4.98 Å². The molecule has 0 N–H and O–H groups in total. The fourth-order valence-electron chi connectivity index (χ4n) is 1.49. The van der Waals surface area contributed by atoms with Crippen LogP contribution in [0.2, 0.25) is 0 Å². The first-order valence-electron chi connectivity index (χ1n) is 4.64. The zero-order valence-corrected chi connectivity index (χ0v) is 7.84. The highest BCUT2D eigenvalue weighted by molar-refractivity contribution is 5.70. The minimum atomic E-state index is 0.500. The molecule has 5 heteroatoms. The van der Waals surface area contributed by atoms with Crippen LogP contribution in [0.4, 0.5) is 0 Å². The molecule has 0 atom stereocenters. The van der Waals surface area contributed by atoms with Crippen molar-refractivity contribution in [2.24, 2.45) is 0 Å². The highest BCUT2D eigenvalue weighted by atomic mass is 16.5. The van der Waals surface area contributed by atoms with Gasteiger partial charge in [0.1, 0.15) is 5.52 Å². The van der Waals surface area contributed by atoms with Crippen molar-refractivity contribution in [1.29, 1.82) is 0 Å². The van der Waals surface area contributed by atoms with Gasteiger partial charge in [0.25, 0.3) is 0 Å². The molecular formula is C9H10N4O. The SMILES string of the molecule is COc1ccc2nnn(C3CC3)c2n1. The van der Waals surface area contributed by atoms with E-state index < -0.39 is 0 Å². The zero-order valence-electron chi connectivity index (χ0n) is 7.84. The van der Waals surface area contributed by atoms with Crippen molar-refractivity contribution in [1.82, 2.24) is 20.0 Å². The van der Waals surface area contributed by atoms with Gasteiger partial charge >= 0.3 is 0 Å². The summed E-state index contributed by atoms with van der Waals surface area (Å²) < 4.78 is 6.95. The maximum absolute atomic E-state index is 5.07. The van der Waals surface area contributed by atoms with Crippen LogP contribution in [0.5, 0.6) is 5.88 Å². The van der Waals surface area contributed by atoms with Gasteiger partial charge < -0.3 is 4.74 Å². The number of rotatable bonds is 2. The van der Waals surface area contributed by atoms with Crippen molar-refractivity contribution >= 4 is 11.2 Å². The quantitative estimate of drug-likeness (QED) is 0.713. The molecule has 1 aliphatic rings. The second-order valence-corrected chi connectivity index (χ2v) is 3.46. The van der Waals surface area contributed by atoms with E-state index >= 15 is 0 Å². The molecule has 1 saturated carbocycles. The van der Waals surface area contributed by atoms with Crippen molar-refractivity contribution in [3.8, 4) is 5.88 Å². The molecule has 0 radical (unpaired) electrons. The lowest BCUT2D eigenvalue weighted by Crippen LogP contribution is -1.98. The van der Waals surface area contributed by atoms with Gasteiger partial charge in [0, 0.05) is 6.07 Å². The van der Waals surface area contributed by atoms with Crippen LogP contribution >= 0.6 is 0 Å². The predicted octanol–water partition coefficient (Wildman–Crippen LogP) is 1.17. The topological polar surface area (TPSA) is 52.8 Å². The summed E-state index contributed by atoms with van der Waals surface area (Å²) in [5.41, 5.74) is 1.66. The molecular weight excluding hydrogens is 180 g/mol. The number of aromatic nitrogens is 4. The summed E-state index contributed by atoms with van der Waals surface area (Å²) in [6.07, 6.45) is 2.36. The lowest BCUT2D eigenvalue weighted by atomic mass is 10.4. The summed E-state index contributed by atoms with van der Waals surface area (Å²) in [6.45, 7) is 0. The molecule has 0 aromatic carbocycles. The van der Waals surface area contributed by atoms with Gasteiger partial charge in [-0.15, -0.1) is 5.10 Å². The third kappa shape index (κ3) is 1.05. The van der Waals surface area contributed by atoms with Crippen molar-refractivity contribution in [2.45, 2.75) is 18.9 Å². The highest BCUT2D eigenvalue weighted by Gasteiger charge is 2.27. The van der Waals surface area contributed by atoms with Crippen LogP contribution in [0.15, 0.2) is 12.1 Å². The average Bonchev–Trinajstić information content (AvgIpc) is 2.98. The van der Waals surface area contributed by atoms with Crippen molar-refractivity contribution in [3.63, 3.8) is 0 Å². The van der Waals surface area contributed by atoms with Crippen LogP contribution in [-0.4, -0.2) is 27.1 Å². The Balaban J connectivity index is 2.20. The lowest BCUT2D eigenvalue weighted by Gasteiger charge is -1.99. The molecule has 0 saturated heterocycles. The minimum absolute atomic E-state index is 0.500. The van der Waals surface area contributed by atoms with E-state index in [1.54, 1.807) is 13.2 Å². The number of pyridine rings is 1. The Kier molecular flexibility index (Phi) is 1.47. The molecule has 1 aliphatic carbocycles. The number of fused-ring (bicyclic) bond motifs is 1. The fraction of sp³-hybridized carbons (Fsp3) is 0.444. The first-order chi connectivity index (χ1) is 6.88. The van der Waals surface area contributed by atoms with Crippen LogP contribution in [0.3, 0.4) is 0 Å². The van der Waals surface area contributed by atoms with E-state index in [1.807, 2.05) is 10.7 Å². The Labute approximate surface area is 80.7 Å². The normalized spacial score (nSPS) is 16.1. The third-order valence-corrected chi connectivity index (χ3v) is 2.40. The van der Waals surface area contributed by atoms with Gasteiger partial charge in [-0.05, 0) is 18.9 Å². The van der Waals surface area contributed by atoms with Gasteiger partial charge in [0.05, 0.1) is 13.2 Å². The zero-order chi connectivity index (χ0) is 9.54. The average molecular weight is 190 g/mol. The number of hydrogen-bond donors (Lipinski definition) is 0. The van der Waals surface area contributed by atoms with Crippen LogP contribution < -0.4 is 4.74 Å². The van der Waals surface area contributed by atoms with Crippen molar-refractivity contribution < 1.29 is 4.74 Å². The van der Waals surface area contributed by atoms with Gasteiger partial charge in [-0.3, -0.25) is 0 Å². The van der Waals surface area contributed by atoms with E-state index in [0.717, 1.165) is 11.2 Å². The number of nitrogens with zero attached hydrogens (tertiary/aromatic N) is 4. The molecule has 0 amide bonds. The Hall–Kier alpha value is -1.65. The van der Waals surface area contributed by atoms with Gasteiger partial charge in [-0.25, -0.2) is 4.68 Å². The molecule has 14 heavy (non-hydrogen) atoms. The van der Waals surface area contributed by atoms with E-state index in [-0.39, 0.29) is 0 Å². The third-order valence-electron chi connectivity index (χ3n) is 2.40. The lowest BCUT2D eigenvalue weighted by molar-refractivity contribution is 0.398. The summed E-state index contributed by atoms with van der Waals surface area (Å²) in [4.78, 5) is 4.33. The smallest absolute Gasteiger partial charge is 0.215 e. The van der Waals surface area contributed by atoms with E-state index in [4.69, 9.17) is 4.74 Å². The molecule has 3 rings (SSSR count). The Morgan fingerprint density at radius 1 is 1.43 bits per heavy atom. The summed E-state index contributed by atoms with van der Waals surface area (Å²) in [5, 5.41) is 8.13. The number of methoxy groups -OCH3 is 1. The van der Waals surface area contributed by atoms with Gasteiger partial charge in [0.2, 0.25) is 5.88 Å². The van der Waals surface area contributed by atoms with Crippen LogP contribution in [0.25, 0.3) is 11.2 Å². The van der Waals surface area contributed by atoms with E-state index in [1.165, 1.54) is 12.8 Å². The minimum Gasteiger partial charge on any atom is -0.481 e. The summed E-state index contributed by atoms with van der Waals surface area (Å²) in [7, 11) is 1.61. The molecule has 72 valence electrons. The van der Waals surface area contributed by atoms with Gasteiger partial charge in [0.15, 0.2) is 5.65 Å². The summed E-state index contributed by atoms with van der Waals surface area (Å²) in [5.74, 6) is 0.613. The summed E-state index contributed by atoms with van der Waals surface area (Å²) in [6, 6.07) is 4.18. The predicted molar refractivity (Wildman–Crippen MR) is 50.1 cm³/mol. The Morgan fingerprint density at radius 2 is 2.29 bits per heavy atom. The number of hydrogen-bond acceptors (Lipinski definition) is 4. The van der Waals surface area contributed by atoms with Crippen molar-refractivity contribution in [3.05, 3.63) is 12.1 Å². The largest absolute Gasteiger partial charge is 0.481 e. The van der Waals surface area contributed by atoms with E-state index in [0.29, 0.717) is 11.9 Å². The van der Waals surface area contributed by atoms with Crippen LogP contribution in [0, 0.1) is 0 Å². The monoisotopic (exact) mass is 190 g/mol. The Bertz CT molecular complexity index is 475. The molecule has 0 unspecified atom stereocenters. The standard InChI is InChI=1S/C9H10N4O/c1-14-8-5-4-7-9(10-8)13(12-11-7)6-2-3-6/h4-6H,2-3H2,1H3. The molecule has 2 heterocycles. The number of ether oxygens (including phenoxy) is 1. The molecule has 2 aromatic rings. The fourth-order valence-corrected chi connectivity index (χ4v) is 1.49. The van der Waals surface area contributed by atoms with E-state index in [2.05, 4.69) is 15.3 Å². The van der Waals surface area contributed by atoms with Gasteiger partial charge in [-0.1, -0.05) is 5.21 Å². The van der Waals surface area contributed by atoms with E-state index in [9.17, 15) is 0 Å². The first kappa shape index (κ1) is 7.73. The molecule has 1 fully saturated rings. The maximum Gasteiger partial charge on any atom is 0.215 e. The maximum atomic E-state index is 5.07. The first-order valence-corrected chi connectivity index (χ1v) is 4.64. The van der Waals surface area contributed by atoms with Crippen LogP contribution in [-0.2, 0) is 0 Å².